The Morgan fingerprint density at radius 2 is 1.50 bits per heavy atom. The molecule has 1 aromatic rings. The number of hydrogen-bond acceptors (Lipinski definition) is 5. The maximum Gasteiger partial charge on any atom is 0.407 e. The predicted molar refractivity (Wildman–Crippen MR) is 106 cm³/mol. The number of alkyl carbamates (subject to hydrolysis) is 1. The molecule has 0 aromatic heterocycles. The van der Waals surface area contributed by atoms with E-state index in [9.17, 15) is 14.4 Å². The average Bonchev–Trinajstić information content (AvgIpc) is 2.60. The highest BCUT2D eigenvalue weighted by atomic mass is 16.6. The predicted octanol–water partition coefficient (Wildman–Crippen LogP) is 1.77. The Labute approximate surface area is 166 Å². The van der Waals surface area contributed by atoms with Crippen LogP contribution in [0.5, 0.6) is 5.75 Å². The van der Waals surface area contributed by atoms with Crippen LogP contribution in [0.2, 0.25) is 0 Å². The maximum atomic E-state index is 11.9. The van der Waals surface area contributed by atoms with Crippen LogP contribution in [0.15, 0.2) is 24.3 Å². The van der Waals surface area contributed by atoms with Gasteiger partial charge in [-0.25, -0.2) is 4.79 Å². The fraction of sp³-hybridized carbons (Fsp3) is 0.550. The van der Waals surface area contributed by atoms with Gasteiger partial charge >= 0.3 is 6.09 Å². The molecule has 0 saturated heterocycles. The summed E-state index contributed by atoms with van der Waals surface area (Å²) in [6.07, 6.45) is 0.551. The van der Waals surface area contributed by atoms with Crippen LogP contribution in [-0.4, -0.2) is 50.3 Å². The number of amides is 3. The minimum atomic E-state index is -0.565. The largest absolute Gasteiger partial charge is 0.497 e. The van der Waals surface area contributed by atoms with Gasteiger partial charge in [0.25, 0.3) is 0 Å². The van der Waals surface area contributed by atoms with Crippen LogP contribution in [0.1, 0.15) is 39.2 Å². The Bertz CT molecular complexity index is 638. The van der Waals surface area contributed by atoms with E-state index in [-0.39, 0.29) is 24.8 Å². The topological polar surface area (TPSA) is 106 Å². The summed E-state index contributed by atoms with van der Waals surface area (Å²) in [6, 6.07) is 7.33. The Morgan fingerprint density at radius 1 is 0.893 bits per heavy atom. The molecule has 3 amide bonds. The molecule has 8 nitrogen and oxygen atoms in total. The lowest BCUT2D eigenvalue weighted by atomic mass is 10.1. The molecule has 0 spiro atoms. The van der Waals surface area contributed by atoms with Crippen molar-refractivity contribution in [3.05, 3.63) is 29.8 Å². The van der Waals surface area contributed by atoms with E-state index < -0.39 is 11.7 Å². The summed E-state index contributed by atoms with van der Waals surface area (Å²) in [5.41, 5.74) is 0.341. The van der Waals surface area contributed by atoms with E-state index in [0.29, 0.717) is 25.9 Å². The van der Waals surface area contributed by atoms with Crippen LogP contribution in [0.3, 0.4) is 0 Å². The molecule has 0 aliphatic heterocycles. The van der Waals surface area contributed by atoms with Gasteiger partial charge < -0.3 is 25.4 Å². The second kappa shape index (κ2) is 11.8. The number of carbonyl (C=O) groups is 3. The van der Waals surface area contributed by atoms with Gasteiger partial charge in [0.1, 0.15) is 11.4 Å². The smallest absolute Gasteiger partial charge is 0.407 e. The van der Waals surface area contributed by atoms with Crippen LogP contribution in [0.25, 0.3) is 0 Å². The van der Waals surface area contributed by atoms with Crippen molar-refractivity contribution >= 4 is 17.9 Å². The molecule has 1 aromatic carbocycles. The van der Waals surface area contributed by atoms with Gasteiger partial charge in [0.15, 0.2) is 0 Å². The highest BCUT2D eigenvalue weighted by Crippen LogP contribution is 2.11. The highest BCUT2D eigenvalue weighted by Gasteiger charge is 2.15. The normalized spacial score (nSPS) is 10.7. The SMILES string of the molecule is COc1ccc(CC(=O)NCCCNC(=O)CCNC(=O)OC(C)(C)C)cc1. The van der Waals surface area contributed by atoms with Gasteiger partial charge in [0.05, 0.1) is 13.5 Å². The Balaban J connectivity index is 2.07. The Morgan fingerprint density at radius 3 is 2.07 bits per heavy atom. The van der Waals surface area contributed by atoms with E-state index in [0.717, 1.165) is 11.3 Å². The molecule has 0 heterocycles. The molecule has 1 rings (SSSR count). The number of rotatable bonds is 10. The lowest BCUT2D eigenvalue weighted by molar-refractivity contribution is -0.121. The van der Waals surface area contributed by atoms with E-state index in [1.807, 2.05) is 24.3 Å². The van der Waals surface area contributed by atoms with Crippen molar-refractivity contribution < 1.29 is 23.9 Å². The monoisotopic (exact) mass is 393 g/mol. The van der Waals surface area contributed by atoms with Crippen molar-refractivity contribution in [2.24, 2.45) is 0 Å². The zero-order chi connectivity index (χ0) is 21.0. The van der Waals surface area contributed by atoms with E-state index in [1.54, 1.807) is 27.9 Å². The lowest BCUT2D eigenvalue weighted by Gasteiger charge is -2.19. The molecule has 0 unspecified atom stereocenters. The van der Waals surface area contributed by atoms with Gasteiger partial charge in [-0.1, -0.05) is 12.1 Å². The molecule has 0 atom stereocenters. The van der Waals surface area contributed by atoms with Gasteiger partial charge in [0.2, 0.25) is 11.8 Å². The zero-order valence-corrected chi connectivity index (χ0v) is 17.1. The first-order valence-electron chi connectivity index (χ1n) is 9.33. The minimum Gasteiger partial charge on any atom is -0.497 e. The molecule has 3 N–H and O–H groups in total. The number of methoxy groups -OCH3 is 1. The van der Waals surface area contributed by atoms with Crippen molar-refractivity contribution in [1.29, 1.82) is 0 Å². The van der Waals surface area contributed by atoms with Crippen LogP contribution in [0, 0.1) is 0 Å². The number of benzene rings is 1. The summed E-state index contributed by atoms with van der Waals surface area (Å²) in [4.78, 5) is 35.0. The van der Waals surface area contributed by atoms with Crippen LogP contribution < -0.4 is 20.7 Å². The minimum absolute atomic E-state index is 0.0712. The van der Waals surface area contributed by atoms with Gasteiger partial charge in [-0.3, -0.25) is 9.59 Å². The molecule has 8 heteroatoms. The second-order valence-electron chi connectivity index (χ2n) is 7.26. The first-order chi connectivity index (χ1) is 13.2. The first kappa shape index (κ1) is 23.3. The average molecular weight is 393 g/mol. The molecular weight excluding hydrogens is 362 g/mol. The molecule has 156 valence electrons. The third kappa shape index (κ3) is 11.1. The fourth-order valence-corrected chi connectivity index (χ4v) is 2.22. The third-order valence-electron chi connectivity index (χ3n) is 3.54. The third-order valence-corrected chi connectivity index (χ3v) is 3.54. The summed E-state index contributed by atoms with van der Waals surface area (Å²) in [5, 5.41) is 8.09. The summed E-state index contributed by atoms with van der Waals surface area (Å²) in [7, 11) is 1.60. The second-order valence-corrected chi connectivity index (χ2v) is 7.26. The molecule has 0 saturated carbocycles. The number of hydrogen-bond donors (Lipinski definition) is 3. The number of nitrogens with one attached hydrogen (secondary N) is 3. The fourth-order valence-electron chi connectivity index (χ4n) is 2.22. The first-order valence-corrected chi connectivity index (χ1v) is 9.33. The molecule has 0 aliphatic carbocycles. The van der Waals surface area contributed by atoms with E-state index in [4.69, 9.17) is 9.47 Å². The van der Waals surface area contributed by atoms with Crippen molar-refractivity contribution in [2.75, 3.05) is 26.7 Å². The standard InChI is InChI=1S/C20H31N3O5/c1-20(2,3)28-19(26)23-13-10-17(24)21-11-5-12-22-18(25)14-15-6-8-16(27-4)9-7-15/h6-9H,5,10-14H2,1-4H3,(H,21,24)(H,22,25)(H,23,26). The van der Waals surface area contributed by atoms with Gasteiger partial charge in [-0.15, -0.1) is 0 Å². The molecule has 0 radical (unpaired) electrons. The van der Waals surface area contributed by atoms with E-state index in [1.165, 1.54) is 0 Å². The zero-order valence-electron chi connectivity index (χ0n) is 17.1. The van der Waals surface area contributed by atoms with Crippen molar-refractivity contribution in [1.82, 2.24) is 16.0 Å². The van der Waals surface area contributed by atoms with Gasteiger partial charge in [-0.2, -0.15) is 0 Å². The Hall–Kier alpha value is -2.77. The van der Waals surface area contributed by atoms with Gasteiger partial charge in [0, 0.05) is 26.1 Å². The number of carbonyl (C=O) groups excluding carboxylic acids is 3. The molecular formula is C20H31N3O5. The van der Waals surface area contributed by atoms with Gasteiger partial charge in [-0.05, 0) is 44.9 Å². The molecule has 0 aliphatic rings. The summed E-state index contributed by atoms with van der Waals surface area (Å²) < 4.78 is 10.2. The van der Waals surface area contributed by atoms with Crippen LogP contribution >= 0.6 is 0 Å². The summed E-state index contributed by atoms with van der Waals surface area (Å²) in [6.45, 7) is 6.46. The van der Waals surface area contributed by atoms with Crippen molar-refractivity contribution in [3.63, 3.8) is 0 Å². The van der Waals surface area contributed by atoms with Crippen molar-refractivity contribution in [2.45, 2.75) is 45.6 Å². The molecule has 0 fully saturated rings. The maximum absolute atomic E-state index is 11.9. The van der Waals surface area contributed by atoms with Crippen LogP contribution in [0.4, 0.5) is 4.79 Å². The van der Waals surface area contributed by atoms with E-state index in [2.05, 4.69) is 16.0 Å². The summed E-state index contributed by atoms with van der Waals surface area (Å²) in [5.74, 6) is 0.514. The van der Waals surface area contributed by atoms with E-state index >= 15 is 0 Å². The summed E-state index contributed by atoms with van der Waals surface area (Å²) >= 11 is 0. The quantitative estimate of drug-likeness (QED) is 0.526. The van der Waals surface area contributed by atoms with Crippen molar-refractivity contribution in [3.8, 4) is 5.75 Å². The lowest BCUT2D eigenvalue weighted by Crippen LogP contribution is -2.35. The molecule has 0 bridgehead atoms. The molecule has 28 heavy (non-hydrogen) atoms. The number of ether oxygens (including phenoxy) is 2. The highest BCUT2D eigenvalue weighted by molar-refractivity contribution is 5.78. The van der Waals surface area contributed by atoms with Crippen LogP contribution in [-0.2, 0) is 20.7 Å². The Kier molecular flexibility index (Phi) is 9.84.